The lowest BCUT2D eigenvalue weighted by Gasteiger charge is -2.03. The van der Waals surface area contributed by atoms with Crippen molar-refractivity contribution in [3.05, 3.63) is 10.3 Å². The lowest BCUT2D eigenvalue weighted by Crippen LogP contribution is -2.25. The molecular formula is C5H5N4O2-. The van der Waals surface area contributed by atoms with E-state index in [1.807, 2.05) is 0 Å². The molecule has 0 radical (unpaired) electrons. The average molecular weight is 153 g/mol. The maximum absolute atomic E-state index is 10.0. The van der Waals surface area contributed by atoms with Gasteiger partial charge in [-0.25, -0.2) is 4.99 Å². The van der Waals surface area contributed by atoms with Crippen molar-refractivity contribution in [2.75, 3.05) is 6.54 Å². The minimum atomic E-state index is -1.20. The van der Waals surface area contributed by atoms with Crippen molar-refractivity contribution in [2.24, 2.45) is 4.99 Å². The summed E-state index contributed by atoms with van der Waals surface area (Å²) in [5, 5.41) is 21.9. The van der Waals surface area contributed by atoms with Crippen molar-refractivity contribution in [2.45, 2.75) is 12.7 Å². The summed E-state index contributed by atoms with van der Waals surface area (Å²) in [4.78, 5) is 16.5. The van der Waals surface area contributed by atoms with E-state index in [-0.39, 0.29) is 13.0 Å². The summed E-state index contributed by atoms with van der Waals surface area (Å²) < 4.78 is 0. The molecule has 0 spiro atoms. The number of rotatable bonds is 2. The van der Waals surface area contributed by atoms with Crippen molar-refractivity contribution in [3.63, 3.8) is 0 Å². The predicted octanol–water partition coefficient (Wildman–Crippen LogP) is -0.909. The van der Waals surface area contributed by atoms with Crippen molar-refractivity contribution < 1.29 is 9.90 Å². The van der Waals surface area contributed by atoms with Gasteiger partial charge in [0.15, 0.2) is 0 Å². The number of hydrogen-bond donors (Lipinski definition) is 0. The molecule has 0 saturated carbocycles. The summed E-state index contributed by atoms with van der Waals surface area (Å²) >= 11 is 0. The molecule has 6 nitrogen and oxygen atoms in total. The topological polar surface area (TPSA) is 94.7 Å². The summed E-state index contributed by atoms with van der Waals surface area (Å²) in [5.41, 5.74) is 0.382. The maximum Gasteiger partial charge on any atom is 0.337 e. The molecule has 1 heterocycles. The Hall–Kier alpha value is -1.48. The first kappa shape index (κ1) is 7.63. The number of hydrogen-bond acceptors (Lipinski definition) is 4. The number of carboxylic acids is 1. The first-order chi connectivity index (χ1) is 5.22. The van der Waals surface area contributed by atoms with Gasteiger partial charge in [-0.1, -0.05) is 0 Å². The van der Waals surface area contributed by atoms with Crippen molar-refractivity contribution in [1.29, 1.82) is 5.39 Å². The molecule has 0 aromatic heterocycles. The number of nitrogens with zero attached hydrogens (tertiary/aromatic N) is 4. The molecule has 0 aromatic rings. The van der Waals surface area contributed by atoms with E-state index < -0.39 is 12.3 Å². The number of carbonyl (C=O) groups is 1. The molecule has 1 atom stereocenters. The Morgan fingerprint density at radius 1 is 2.00 bits per heavy atom. The molecule has 1 aliphatic rings. The summed E-state index contributed by atoms with van der Waals surface area (Å²) in [6.07, 6.45) is -1.07. The van der Waals surface area contributed by atoms with Gasteiger partial charge in [0.05, 0.1) is 0 Å². The van der Waals surface area contributed by atoms with Crippen LogP contribution in [0.15, 0.2) is 4.99 Å². The molecule has 0 amide bonds. The van der Waals surface area contributed by atoms with Gasteiger partial charge in [0.25, 0.3) is 0 Å². The van der Waals surface area contributed by atoms with E-state index in [2.05, 4.69) is 15.3 Å². The SMILES string of the molecule is N#[N+]C1N=C(CC(=O)[O-])C[N-]1. The second kappa shape index (κ2) is 3.07. The highest BCUT2D eigenvalue weighted by Crippen LogP contribution is 2.13. The summed E-state index contributed by atoms with van der Waals surface area (Å²) in [6.45, 7) is 0.211. The summed E-state index contributed by atoms with van der Waals surface area (Å²) in [7, 11) is 0. The quantitative estimate of drug-likeness (QED) is 0.480. The van der Waals surface area contributed by atoms with Gasteiger partial charge in [0, 0.05) is 18.1 Å². The summed E-state index contributed by atoms with van der Waals surface area (Å²) in [5.74, 6) is -1.20. The van der Waals surface area contributed by atoms with E-state index in [1.165, 1.54) is 0 Å². The van der Waals surface area contributed by atoms with Crippen LogP contribution in [-0.2, 0) is 4.79 Å². The van der Waals surface area contributed by atoms with Gasteiger partial charge < -0.3 is 15.2 Å². The lowest BCUT2D eigenvalue weighted by molar-refractivity contribution is -0.303. The second-order valence-electron chi connectivity index (χ2n) is 2.05. The molecule has 58 valence electrons. The van der Waals surface area contributed by atoms with E-state index in [0.29, 0.717) is 5.71 Å². The third-order valence-electron chi connectivity index (χ3n) is 1.19. The van der Waals surface area contributed by atoms with E-state index in [0.717, 1.165) is 0 Å². The fourth-order valence-electron chi connectivity index (χ4n) is 0.762. The van der Waals surface area contributed by atoms with E-state index in [4.69, 9.17) is 5.39 Å². The number of diazo groups is 1. The van der Waals surface area contributed by atoms with E-state index >= 15 is 0 Å². The summed E-state index contributed by atoms with van der Waals surface area (Å²) in [6, 6.07) is 0. The molecule has 0 fully saturated rings. The fraction of sp³-hybridized carbons (Fsp3) is 0.600. The third-order valence-corrected chi connectivity index (χ3v) is 1.19. The number of carboxylic acid groups (broad SMARTS) is 1. The first-order valence-corrected chi connectivity index (χ1v) is 2.98. The Kier molecular flexibility index (Phi) is 2.13. The third kappa shape index (κ3) is 1.98. The Morgan fingerprint density at radius 3 is 3.18 bits per heavy atom. The van der Waals surface area contributed by atoms with Crippen LogP contribution in [-0.4, -0.2) is 24.5 Å². The molecule has 0 aromatic carbocycles. The molecular weight excluding hydrogens is 148 g/mol. The van der Waals surface area contributed by atoms with Gasteiger partial charge >= 0.3 is 6.29 Å². The number of aliphatic imine (C=N–C) groups is 1. The second-order valence-corrected chi connectivity index (χ2v) is 2.05. The van der Waals surface area contributed by atoms with Gasteiger partial charge in [-0.05, 0) is 0 Å². The number of aliphatic carboxylic acids is 1. The average Bonchev–Trinajstić information content (AvgIpc) is 2.34. The zero-order chi connectivity index (χ0) is 8.27. The highest BCUT2D eigenvalue weighted by atomic mass is 16.4. The van der Waals surface area contributed by atoms with E-state index in [9.17, 15) is 9.90 Å². The largest absolute Gasteiger partial charge is 0.553 e. The maximum atomic E-state index is 10.0. The monoisotopic (exact) mass is 153 g/mol. The molecule has 6 heteroatoms. The fourth-order valence-corrected chi connectivity index (χ4v) is 0.762. The highest BCUT2D eigenvalue weighted by Gasteiger charge is 2.13. The normalized spacial score (nSPS) is 22.5. The van der Waals surface area contributed by atoms with Gasteiger partial charge in [-0.15, -0.1) is 6.54 Å². The van der Waals surface area contributed by atoms with Crippen LogP contribution in [0.25, 0.3) is 10.3 Å². The van der Waals surface area contributed by atoms with Gasteiger partial charge in [0.1, 0.15) is 4.98 Å². The van der Waals surface area contributed by atoms with Crippen LogP contribution in [0.4, 0.5) is 0 Å². The molecule has 1 rings (SSSR count). The molecule has 0 bridgehead atoms. The van der Waals surface area contributed by atoms with Gasteiger partial charge in [0.2, 0.25) is 5.39 Å². The Labute approximate surface area is 62.6 Å². The smallest absolute Gasteiger partial charge is 0.337 e. The minimum absolute atomic E-state index is 0.211. The van der Waals surface area contributed by atoms with Gasteiger partial charge in [-0.3, -0.25) is 0 Å². The molecule has 0 N–H and O–H groups in total. The highest BCUT2D eigenvalue weighted by molar-refractivity contribution is 6.01. The first-order valence-electron chi connectivity index (χ1n) is 2.98. The lowest BCUT2D eigenvalue weighted by atomic mass is 10.3. The standard InChI is InChI=1S/C5H6N4O2/c6-9-5-7-2-3(8-5)1-4(10)11/h5H,1-2H2,(H,10,11)/p-1. The molecule has 1 unspecified atom stereocenters. The predicted molar refractivity (Wildman–Crippen MR) is 34.2 cm³/mol. The Bertz CT molecular complexity index is 241. The Morgan fingerprint density at radius 2 is 2.73 bits per heavy atom. The molecule has 0 saturated heterocycles. The minimum Gasteiger partial charge on any atom is -0.553 e. The van der Waals surface area contributed by atoms with Crippen LogP contribution in [0.5, 0.6) is 0 Å². The van der Waals surface area contributed by atoms with Crippen LogP contribution >= 0.6 is 0 Å². The van der Waals surface area contributed by atoms with Gasteiger partial charge in [-0.2, -0.15) is 0 Å². The zero-order valence-electron chi connectivity index (χ0n) is 5.60. The van der Waals surface area contributed by atoms with E-state index in [1.54, 1.807) is 0 Å². The van der Waals surface area contributed by atoms with Crippen molar-refractivity contribution in [3.8, 4) is 0 Å². The van der Waals surface area contributed by atoms with Crippen LogP contribution in [0.1, 0.15) is 6.42 Å². The van der Waals surface area contributed by atoms with Crippen molar-refractivity contribution in [1.82, 2.24) is 0 Å². The van der Waals surface area contributed by atoms with Crippen molar-refractivity contribution >= 4 is 11.7 Å². The molecule has 1 aliphatic heterocycles. The van der Waals surface area contributed by atoms with Crippen LogP contribution in [0.2, 0.25) is 0 Å². The van der Waals surface area contributed by atoms with Crippen LogP contribution in [0.3, 0.4) is 0 Å². The molecule has 0 aliphatic carbocycles. The zero-order valence-corrected chi connectivity index (χ0v) is 5.60. The molecule has 11 heavy (non-hydrogen) atoms. The van der Waals surface area contributed by atoms with Crippen LogP contribution in [0, 0.1) is 5.39 Å². The number of carbonyl (C=O) groups excluding carboxylic acids is 1. The Balaban J connectivity index is 2.50. The van der Waals surface area contributed by atoms with Crippen LogP contribution < -0.4 is 5.11 Å².